The zero-order valence-corrected chi connectivity index (χ0v) is 12.3. The van der Waals surface area contributed by atoms with Gasteiger partial charge in [-0.25, -0.2) is 4.98 Å². The molecule has 0 fully saturated rings. The third-order valence-corrected chi connectivity index (χ3v) is 3.62. The maximum atomic E-state index is 5.41. The number of rotatable bonds is 6. The molecule has 1 N–H and O–H groups in total. The van der Waals surface area contributed by atoms with Gasteiger partial charge in [0.2, 0.25) is 0 Å². The van der Waals surface area contributed by atoms with Crippen molar-refractivity contribution >= 4 is 11.3 Å². The number of aryl methyl sites for hydroxylation is 1. The maximum Gasteiger partial charge on any atom is 0.142 e. The van der Waals surface area contributed by atoms with Gasteiger partial charge in [-0.1, -0.05) is 6.92 Å². The molecule has 1 unspecified atom stereocenters. The lowest BCUT2D eigenvalue weighted by Gasteiger charge is -2.18. The highest BCUT2D eigenvalue weighted by Crippen LogP contribution is 2.28. The fourth-order valence-electron chi connectivity index (χ4n) is 1.93. The summed E-state index contributed by atoms with van der Waals surface area (Å²) in [6, 6.07) is 3.80. The molecule has 0 saturated carbocycles. The lowest BCUT2D eigenvalue weighted by atomic mass is 10.1. The summed E-state index contributed by atoms with van der Waals surface area (Å²) in [6.07, 6.45) is 2.85. The lowest BCUT2D eigenvalue weighted by molar-refractivity contribution is 0.399. The number of hydrogen-bond acceptors (Lipinski definition) is 5. The Kier molecular flexibility index (Phi) is 4.87. The Labute approximate surface area is 117 Å². The first-order valence-corrected chi connectivity index (χ1v) is 7.28. The van der Waals surface area contributed by atoms with E-state index in [2.05, 4.69) is 27.6 Å². The van der Waals surface area contributed by atoms with Gasteiger partial charge in [0.1, 0.15) is 11.4 Å². The van der Waals surface area contributed by atoms with Gasteiger partial charge < -0.3 is 10.1 Å². The van der Waals surface area contributed by atoms with Crippen molar-refractivity contribution in [2.75, 3.05) is 13.7 Å². The monoisotopic (exact) mass is 277 g/mol. The lowest BCUT2D eigenvalue weighted by Crippen LogP contribution is -2.25. The van der Waals surface area contributed by atoms with E-state index >= 15 is 0 Å². The first-order valence-electron chi connectivity index (χ1n) is 6.40. The van der Waals surface area contributed by atoms with Crippen molar-refractivity contribution in [1.82, 2.24) is 15.3 Å². The third-order valence-electron chi connectivity index (χ3n) is 2.82. The summed E-state index contributed by atoms with van der Waals surface area (Å²) in [7, 11) is 1.67. The first kappa shape index (κ1) is 14.0. The number of aromatic nitrogens is 2. The molecule has 0 aromatic carbocycles. The predicted octanol–water partition coefficient (Wildman–Crippen LogP) is 2.94. The van der Waals surface area contributed by atoms with Gasteiger partial charge in [-0.2, -0.15) is 0 Å². The second kappa shape index (κ2) is 6.63. The molecule has 2 heterocycles. The summed E-state index contributed by atoms with van der Waals surface area (Å²) in [4.78, 5) is 9.04. The van der Waals surface area contributed by atoms with Gasteiger partial charge in [-0.15, -0.1) is 11.3 Å². The van der Waals surface area contributed by atoms with Crippen molar-refractivity contribution in [2.45, 2.75) is 26.3 Å². The van der Waals surface area contributed by atoms with Crippen molar-refractivity contribution in [3.63, 3.8) is 0 Å². The average Bonchev–Trinajstić information content (AvgIpc) is 2.86. The van der Waals surface area contributed by atoms with Crippen LogP contribution in [0.1, 0.15) is 35.8 Å². The van der Waals surface area contributed by atoms with Crippen LogP contribution in [0.4, 0.5) is 0 Å². The normalized spacial score (nSPS) is 12.4. The van der Waals surface area contributed by atoms with E-state index in [0.717, 1.165) is 35.1 Å². The molecule has 2 aromatic heterocycles. The van der Waals surface area contributed by atoms with E-state index in [1.54, 1.807) is 24.6 Å². The van der Waals surface area contributed by atoms with Crippen LogP contribution in [0.2, 0.25) is 0 Å². The van der Waals surface area contributed by atoms with Crippen LogP contribution in [0.3, 0.4) is 0 Å². The summed E-state index contributed by atoms with van der Waals surface area (Å²) >= 11 is 1.65. The number of nitrogens with one attached hydrogen (secondary N) is 1. The molecule has 2 rings (SSSR count). The van der Waals surface area contributed by atoms with Crippen LogP contribution in [0, 0.1) is 6.92 Å². The van der Waals surface area contributed by atoms with E-state index in [0.29, 0.717) is 0 Å². The van der Waals surface area contributed by atoms with Crippen molar-refractivity contribution in [2.24, 2.45) is 0 Å². The molecule has 4 nitrogen and oxygen atoms in total. The molecule has 0 radical (unpaired) electrons. The van der Waals surface area contributed by atoms with Crippen molar-refractivity contribution in [1.29, 1.82) is 0 Å². The standard InChI is InChI=1S/C14H19N3OS/c1-4-7-15-13(11-9-19-10(2)17-11)14-12(18-3)6-5-8-16-14/h5-6,8-9,13,15H,4,7H2,1-3H3. The van der Waals surface area contributed by atoms with E-state index in [1.165, 1.54) is 0 Å². The third kappa shape index (κ3) is 3.30. The van der Waals surface area contributed by atoms with Crippen LogP contribution in [0.15, 0.2) is 23.7 Å². The Balaban J connectivity index is 2.36. The van der Waals surface area contributed by atoms with Crippen molar-refractivity contribution < 1.29 is 4.74 Å². The molecule has 1 atom stereocenters. The Morgan fingerprint density at radius 3 is 2.95 bits per heavy atom. The number of hydrogen-bond donors (Lipinski definition) is 1. The number of ether oxygens (including phenoxy) is 1. The number of nitrogens with zero attached hydrogens (tertiary/aromatic N) is 2. The molecule has 5 heteroatoms. The van der Waals surface area contributed by atoms with Crippen molar-refractivity contribution in [3.05, 3.63) is 40.1 Å². The summed E-state index contributed by atoms with van der Waals surface area (Å²) in [5, 5.41) is 6.63. The van der Waals surface area contributed by atoms with Gasteiger partial charge in [0, 0.05) is 11.6 Å². The van der Waals surface area contributed by atoms with Gasteiger partial charge in [-0.3, -0.25) is 4.98 Å². The Morgan fingerprint density at radius 2 is 2.32 bits per heavy atom. The smallest absolute Gasteiger partial charge is 0.142 e. The van der Waals surface area contributed by atoms with E-state index in [1.807, 2.05) is 19.1 Å². The highest BCUT2D eigenvalue weighted by molar-refractivity contribution is 7.09. The van der Waals surface area contributed by atoms with Crippen LogP contribution >= 0.6 is 11.3 Å². The van der Waals surface area contributed by atoms with E-state index < -0.39 is 0 Å². The SMILES string of the molecule is CCCNC(c1csc(C)n1)c1ncccc1OC. The molecule has 0 saturated heterocycles. The van der Waals surface area contributed by atoms with Gasteiger partial charge in [-0.05, 0) is 32.0 Å². The summed E-state index contributed by atoms with van der Waals surface area (Å²) < 4.78 is 5.41. The number of methoxy groups -OCH3 is 1. The molecular formula is C14H19N3OS. The minimum atomic E-state index is -0.0129. The molecular weight excluding hydrogens is 258 g/mol. The minimum Gasteiger partial charge on any atom is -0.495 e. The molecule has 0 aliphatic carbocycles. The largest absolute Gasteiger partial charge is 0.495 e. The molecule has 0 aliphatic heterocycles. The topological polar surface area (TPSA) is 47.0 Å². The van der Waals surface area contributed by atoms with Gasteiger partial charge in [0.25, 0.3) is 0 Å². The zero-order chi connectivity index (χ0) is 13.7. The number of thiazole rings is 1. The second-order valence-corrected chi connectivity index (χ2v) is 5.33. The van der Waals surface area contributed by atoms with Crippen LogP contribution in [-0.4, -0.2) is 23.6 Å². The molecule has 2 aromatic rings. The highest BCUT2D eigenvalue weighted by atomic mass is 32.1. The predicted molar refractivity (Wildman–Crippen MR) is 77.8 cm³/mol. The van der Waals surface area contributed by atoms with E-state index in [4.69, 9.17) is 4.74 Å². The fourth-order valence-corrected chi connectivity index (χ4v) is 2.57. The van der Waals surface area contributed by atoms with Crippen LogP contribution < -0.4 is 10.1 Å². The van der Waals surface area contributed by atoms with E-state index in [-0.39, 0.29) is 6.04 Å². The van der Waals surface area contributed by atoms with Gasteiger partial charge in [0.05, 0.1) is 23.9 Å². The molecule has 0 spiro atoms. The Hall–Kier alpha value is -1.46. The molecule has 0 bridgehead atoms. The minimum absolute atomic E-state index is 0.0129. The molecule has 19 heavy (non-hydrogen) atoms. The second-order valence-electron chi connectivity index (χ2n) is 4.27. The highest BCUT2D eigenvalue weighted by Gasteiger charge is 2.21. The van der Waals surface area contributed by atoms with Gasteiger partial charge in [0.15, 0.2) is 0 Å². The quantitative estimate of drug-likeness (QED) is 0.882. The molecule has 0 amide bonds. The zero-order valence-electron chi connectivity index (χ0n) is 11.5. The number of pyridine rings is 1. The summed E-state index contributed by atoms with van der Waals surface area (Å²) in [6.45, 7) is 5.08. The Morgan fingerprint density at radius 1 is 1.47 bits per heavy atom. The van der Waals surface area contributed by atoms with Crippen molar-refractivity contribution in [3.8, 4) is 5.75 Å². The van der Waals surface area contributed by atoms with Crippen LogP contribution in [-0.2, 0) is 0 Å². The summed E-state index contributed by atoms with van der Waals surface area (Å²) in [5.74, 6) is 0.793. The van der Waals surface area contributed by atoms with Crippen LogP contribution in [0.25, 0.3) is 0 Å². The summed E-state index contributed by atoms with van der Waals surface area (Å²) in [5.41, 5.74) is 1.90. The molecule has 102 valence electrons. The maximum absolute atomic E-state index is 5.41. The Bertz CT molecular complexity index is 527. The van der Waals surface area contributed by atoms with E-state index in [9.17, 15) is 0 Å². The van der Waals surface area contributed by atoms with Crippen LogP contribution in [0.5, 0.6) is 5.75 Å². The average molecular weight is 277 g/mol. The van der Waals surface area contributed by atoms with Gasteiger partial charge >= 0.3 is 0 Å². The fraction of sp³-hybridized carbons (Fsp3) is 0.429. The molecule has 0 aliphatic rings. The first-order chi connectivity index (χ1) is 9.26.